The maximum atomic E-state index is 14.5. The predicted octanol–water partition coefficient (Wildman–Crippen LogP) is 2.55. The molecule has 0 aliphatic carbocycles. The highest BCUT2D eigenvalue weighted by Gasteiger charge is 2.23. The number of rotatable bonds is 5. The number of halogens is 3. The normalized spacial score (nSPS) is 15.1. The van der Waals surface area contributed by atoms with Crippen LogP contribution in [-0.4, -0.2) is 51.5 Å². The zero-order valence-electron chi connectivity index (χ0n) is 13.2. The molecule has 0 radical (unpaired) electrons. The fourth-order valence-corrected chi connectivity index (χ4v) is 2.73. The lowest BCUT2D eigenvalue weighted by Gasteiger charge is -2.29. The predicted molar refractivity (Wildman–Crippen MR) is 85.0 cm³/mol. The number of ether oxygens (including phenoxy) is 2. The van der Waals surface area contributed by atoms with Crippen molar-refractivity contribution in [2.75, 3.05) is 56.8 Å². The Morgan fingerprint density at radius 1 is 1.25 bits per heavy atom. The molecule has 3 rings (SSSR count). The number of hydrogen-bond acceptors (Lipinski definition) is 5. The molecule has 1 aliphatic heterocycles. The number of anilines is 2. The van der Waals surface area contributed by atoms with E-state index in [1.165, 1.54) is 6.20 Å². The Balaban J connectivity index is 2.12. The molecule has 2 heterocycles. The third kappa shape index (κ3) is 3.11. The van der Waals surface area contributed by atoms with Crippen LogP contribution in [0.1, 0.15) is 0 Å². The lowest BCUT2D eigenvalue weighted by Crippen LogP contribution is -2.37. The summed E-state index contributed by atoms with van der Waals surface area (Å²) in [6, 6.07) is 0.995. The minimum absolute atomic E-state index is 0.0294. The van der Waals surface area contributed by atoms with Crippen molar-refractivity contribution in [3.05, 3.63) is 29.7 Å². The number of nitrogens with zero attached hydrogens (tertiary/aromatic N) is 2. The van der Waals surface area contributed by atoms with Gasteiger partial charge in [0.1, 0.15) is 5.82 Å². The Morgan fingerprint density at radius 3 is 2.71 bits per heavy atom. The molecule has 0 amide bonds. The number of fused-ring (bicyclic) bond motifs is 1. The van der Waals surface area contributed by atoms with Crippen molar-refractivity contribution in [2.45, 2.75) is 0 Å². The van der Waals surface area contributed by atoms with Crippen LogP contribution in [0.15, 0.2) is 12.3 Å². The monoisotopic (exact) mass is 341 g/mol. The van der Waals surface area contributed by atoms with Crippen LogP contribution in [0.25, 0.3) is 10.8 Å². The summed E-state index contributed by atoms with van der Waals surface area (Å²) in [7, 11) is 1.55. The maximum absolute atomic E-state index is 14.5. The molecule has 8 heteroatoms. The summed E-state index contributed by atoms with van der Waals surface area (Å²) in [4.78, 5) is 6.09. The van der Waals surface area contributed by atoms with E-state index in [0.717, 1.165) is 6.07 Å². The van der Waals surface area contributed by atoms with Gasteiger partial charge in [-0.2, -0.15) is 0 Å². The van der Waals surface area contributed by atoms with E-state index in [4.69, 9.17) is 9.47 Å². The van der Waals surface area contributed by atoms with E-state index < -0.39 is 17.5 Å². The molecule has 1 N–H and O–H groups in total. The SMILES string of the molecule is COCCNc1cnc(N2CCOCC2)c2c(F)c(F)c(F)cc12. The van der Waals surface area contributed by atoms with Crippen LogP contribution >= 0.6 is 0 Å². The third-order valence-electron chi connectivity index (χ3n) is 3.92. The second-order valence-electron chi connectivity index (χ2n) is 5.42. The van der Waals surface area contributed by atoms with Crippen molar-refractivity contribution in [3.8, 4) is 0 Å². The molecule has 1 aromatic heterocycles. The van der Waals surface area contributed by atoms with Crippen LogP contribution in [0, 0.1) is 17.5 Å². The standard InChI is InChI=1S/C16H18F3N3O2/c1-23-5-2-20-12-9-21-16(22-3-6-24-7-4-22)13-10(12)8-11(17)14(18)15(13)19/h8-9,20H,2-7H2,1H3. The fraction of sp³-hybridized carbons (Fsp3) is 0.438. The van der Waals surface area contributed by atoms with E-state index >= 15 is 0 Å². The zero-order chi connectivity index (χ0) is 17.1. The quantitative estimate of drug-likeness (QED) is 0.669. The van der Waals surface area contributed by atoms with Gasteiger partial charge in [0.15, 0.2) is 17.5 Å². The number of hydrogen-bond donors (Lipinski definition) is 1. The molecule has 1 fully saturated rings. The Kier molecular flexibility index (Phi) is 5.06. The molecule has 1 aromatic carbocycles. The van der Waals surface area contributed by atoms with Crippen molar-refractivity contribution in [1.29, 1.82) is 0 Å². The molecule has 5 nitrogen and oxygen atoms in total. The van der Waals surface area contributed by atoms with Crippen LogP contribution in [0.3, 0.4) is 0 Å². The van der Waals surface area contributed by atoms with Crippen molar-refractivity contribution in [2.24, 2.45) is 0 Å². The molecule has 24 heavy (non-hydrogen) atoms. The highest BCUT2D eigenvalue weighted by molar-refractivity contribution is 6.00. The second-order valence-corrected chi connectivity index (χ2v) is 5.42. The van der Waals surface area contributed by atoms with E-state index in [9.17, 15) is 13.2 Å². The van der Waals surface area contributed by atoms with Crippen LogP contribution in [0.5, 0.6) is 0 Å². The summed E-state index contributed by atoms with van der Waals surface area (Å²) < 4.78 is 52.2. The second kappa shape index (κ2) is 7.23. The highest BCUT2D eigenvalue weighted by atomic mass is 19.2. The van der Waals surface area contributed by atoms with E-state index in [0.29, 0.717) is 51.0 Å². The minimum Gasteiger partial charge on any atom is -0.383 e. The van der Waals surface area contributed by atoms with Gasteiger partial charge in [0.25, 0.3) is 0 Å². The number of morpholine rings is 1. The minimum atomic E-state index is -1.49. The molecule has 1 aliphatic rings. The molecule has 0 bridgehead atoms. The smallest absolute Gasteiger partial charge is 0.195 e. The van der Waals surface area contributed by atoms with Crippen LogP contribution in [0.2, 0.25) is 0 Å². The van der Waals surface area contributed by atoms with Crippen molar-refractivity contribution < 1.29 is 22.6 Å². The summed E-state index contributed by atoms with van der Waals surface area (Å²) in [5.41, 5.74) is 0.428. The number of aromatic nitrogens is 1. The van der Waals surface area contributed by atoms with Gasteiger partial charge >= 0.3 is 0 Å². The first-order chi connectivity index (χ1) is 11.6. The number of pyridine rings is 1. The molecule has 0 saturated carbocycles. The van der Waals surface area contributed by atoms with Gasteiger partial charge in [0, 0.05) is 32.1 Å². The Labute approximate surface area is 137 Å². The Hall–Kier alpha value is -2.06. The topological polar surface area (TPSA) is 46.6 Å². The van der Waals surface area contributed by atoms with Gasteiger partial charge in [-0.05, 0) is 6.07 Å². The molecule has 130 valence electrons. The lowest BCUT2D eigenvalue weighted by atomic mass is 10.1. The molecule has 0 atom stereocenters. The van der Waals surface area contributed by atoms with E-state index in [1.807, 2.05) is 4.90 Å². The zero-order valence-corrected chi connectivity index (χ0v) is 13.2. The maximum Gasteiger partial charge on any atom is 0.195 e. The first-order valence-electron chi connectivity index (χ1n) is 7.65. The molecule has 0 spiro atoms. The summed E-state index contributed by atoms with van der Waals surface area (Å²) in [5, 5.41) is 3.23. The molecule has 2 aromatic rings. The van der Waals surface area contributed by atoms with Gasteiger partial charge in [-0.1, -0.05) is 0 Å². The van der Waals surface area contributed by atoms with Crippen LogP contribution in [-0.2, 0) is 9.47 Å². The van der Waals surface area contributed by atoms with Crippen LogP contribution < -0.4 is 10.2 Å². The van der Waals surface area contributed by atoms with E-state index in [1.54, 1.807) is 7.11 Å². The average Bonchev–Trinajstić information content (AvgIpc) is 2.61. The van der Waals surface area contributed by atoms with Gasteiger partial charge in [-0.15, -0.1) is 0 Å². The van der Waals surface area contributed by atoms with Crippen molar-refractivity contribution in [3.63, 3.8) is 0 Å². The highest BCUT2D eigenvalue weighted by Crippen LogP contribution is 2.34. The Morgan fingerprint density at radius 2 is 2.00 bits per heavy atom. The summed E-state index contributed by atoms with van der Waals surface area (Å²) >= 11 is 0. The average molecular weight is 341 g/mol. The summed E-state index contributed by atoms with van der Waals surface area (Å²) in [5.74, 6) is -3.65. The molecule has 0 unspecified atom stereocenters. The number of methoxy groups -OCH3 is 1. The summed E-state index contributed by atoms with van der Waals surface area (Å²) in [6.45, 7) is 2.82. The largest absolute Gasteiger partial charge is 0.383 e. The first kappa shape index (κ1) is 16.8. The number of benzene rings is 1. The molecular formula is C16H18F3N3O2. The molecule has 1 saturated heterocycles. The van der Waals surface area contributed by atoms with Crippen LogP contribution in [0.4, 0.5) is 24.7 Å². The van der Waals surface area contributed by atoms with Gasteiger partial charge in [0.2, 0.25) is 0 Å². The summed E-state index contributed by atoms with van der Waals surface area (Å²) in [6.07, 6.45) is 1.50. The first-order valence-corrected chi connectivity index (χ1v) is 7.65. The van der Waals surface area contributed by atoms with E-state index in [2.05, 4.69) is 10.3 Å². The third-order valence-corrected chi connectivity index (χ3v) is 3.92. The van der Waals surface area contributed by atoms with Gasteiger partial charge in [-0.3, -0.25) is 0 Å². The van der Waals surface area contributed by atoms with Gasteiger partial charge in [-0.25, -0.2) is 18.2 Å². The number of nitrogens with one attached hydrogen (secondary N) is 1. The van der Waals surface area contributed by atoms with Crippen molar-refractivity contribution >= 4 is 22.3 Å². The Bertz CT molecular complexity index is 736. The fourth-order valence-electron chi connectivity index (χ4n) is 2.73. The van der Waals surface area contributed by atoms with Gasteiger partial charge < -0.3 is 19.7 Å². The molecular weight excluding hydrogens is 323 g/mol. The van der Waals surface area contributed by atoms with Crippen molar-refractivity contribution in [1.82, 2.24) is 4.98 Å². The van der Waals surface area contributed by atoms with Gasteiger partial charge in [0.05, 0.1) is 37.1 Å². The van der Waals surface area contributed by atoms with E-state index in [-0.39, 0.29) is 10.8 Å². The lowest BCUT2D eigenvalue weighted by molar-refractivity contribution is 0.122.